The molecule has 0 aliphatic rings. The zero-order chi connectivity index (χ0) is 13.1. The van der Waals surface area contributed by atoms with Crippen molar-refractivity contribution in [1.29, 1.82) is 0 Å². The number of anilines is 2. The summed E-state index contributed by atoms with van der Waals surface area (Å²) in [6.07, 6.45) is 1.64. The van der Waals surface area contributed by atoms with E-state index in [1.165, 1.54) is 5.56 Å². The van der Waals surface area contributed by atoms with Gasteiger partial charge in [-0.05, 0) is 40.5 Å². The van der Waals surface area contributed by atoms with Crippen molar-refractivity contribution in [1.82, 2.24) is 9.97 Å². The highest BCUT2D eigenvalue weighted by molar-refractivity contribution is 9.10. The lowest BCUT2D eigenvalue weighted by molar-refractivity contribution is 0.870. The zero-order valence-electron chi connectivity index (χ0n) is 9.69. The molecule has 2 rings (SSSR count). The van der Waals surface area contributed by atoms with Crippen molar-refractivity contribution < 1.29 is 0 Å². The molecule has 18 heavy (non-hydrogen) atoms. The van der Waals surface area contributed by atoms with Gasteiger partial charge in [0.1, 0.15) is 5.82 Å². The number of aromatic nitrogens is 2. The van der Waals surface area contributed by atoms with Gasteiger partial charge >= 0.3 is 0 Å². The fourth-order valence-corrected chi connectivity index (χ4v) is 2.09. The molecular formula is C12H12Br2N4. The first-order chi connectivity index (χ1) is 8.56. The molecule has 1 unspecified atom stereocenters. The summed E-state index contributed by atoms with van der Waals surface area (Å²) < 4.78 is 1.85. The van der Waals surface area contributed by atoms with Gasteiger partial charge in [0.2, 0.25) is 5.95 Å². The van der Waals surface area contributed by atoms with Gasteiger partial charge in [0.15, 0.2) is 0 Å². The Morgan fingerprint density at radius 3 is 2.56 bits per heavy atom. The third-order valence-corrected chi connectivity index (χ3v) is 3.59. The number of hydrogen-bond acceptors (Lipinski definition) is 4. The Morgan fingerprint density at radius 1 is 1.22 bits per heavy atom. The molecule has 0 saturated carbocycles. The Morgan fingerprint density at radius 2 is 1.89 bits per heavy atom. The third-order valence-electron chi connectivity index (χ3n) is 2.49. The number of nitrogens with zero attached hydrogens (tertiary/aromatic N) is 2. The molecular weight excluding hydrogens is 360 g/mol. The molecule has 2 aromatic rings. The summed E-state index contributed by atoms with van der Waals surface area (Å²) in [5, 5.41) is 3.29. The van der Waals surface area contributed by atoms with Gasteiger partial charge in [-0.2, -0.15) is 4.98 Å². The van der Waals surface area contributed by atoms with Crippen LogP contribution in [-0.4, -0.2) is 9.97 Å². The summed E-state index contributed by atoms with van der Waals surface area (Å²) >= 11 is 6.81. The number of nitrogens with one attached hydrogen (secondary N) is 1. The topological polar surface area (TPSA) is 63.8 Å². The Hall–Kier alpha value is -1.14. The third kappa shape index (κ3) is 3.20. The fraction of sp³-hybridized carbons (Fsp3) is 0.167. The summed E-state index contributed by atoms with van der Waals surface area (Å²) in [6, 6.07) is 8.26. The zero-order valence-corrected chi connectivity index (χ0v) is 12.9. The van der Waals surface area contributed by atoms with Crippen molar-refractivity contribution in [3.05, 3.63) is 45.0 Å². The van der Waals surface area contributed by atoms with Gasteiger partial charge < -0.3 is 11.1 Å². The average molecular weight is 372 g/mol. The van der Waals surface area contributed by atoms with E-state index in [-0.39, 0.29) is 12.0 Å². The normalized spacial score (nSPS) is 12.2. The Bertz CT molecular complexity index is 542. The van der Waals surface area contributed by atoms with Crippen LogP contribution in [0.4, 0.5) is 11.8 Å². The van der Waals surface area contributed by atoms with Gasteiger partial charge in [-0.1, -0.05) is 28.1 Å². The lowest BCUT2D eigenvalue weighted by Gasteiger charge is -2.16. The van der Waals surface area contributed by atoms with Gasteiger partial charge in [0.25, 0.3) is 0 Å². The van der Waals surface area contributed by atoms with Gasteiger partial charge in [-0.25, -0.2) is 4.98 Å². The molecule has 0 fully saturated rings. The smallest absolute Gasteiger partial charge is 0.221 e. The van der Waals surface area contributed by atoms with E-state index in [1.807, 2.05) is 12.1 Å². The van der Waals surface area contributed by atoms with Crippen molar-refractivity contribution >= 4 is 43.6 Å². The van der Waals surface area contributed by atoms with Crippen LogP contribution < -0.4 is 11.1 Å². The predicted octanol–water partition coefficient (Wildman–Crippen LogP) is 3.76. The second-order valence-corrected chi connectivity index (χ2v) is 5.61. The molecule has 0 spiro atoms. The fourth-order valence-electron chi connectivity index (χ4n) is 1.52. The van der Waals surface area contributed by atoms with Gasteiger partial charge in [-0.3, -0.25) is 0 Å². The number of hydrogen-bond donors (Lipinski definition) is 2. The molecule has 0 amide bonds. The number of nitrogen functional groups attached to an aromatic ring is 1. The Balaban J connectivity index is 2.18. The Kier molecular flexibility index (Phi) is 4.19. The van der Waals surface area contributed by atoms with Crippen molar-refractivity contribution in [3.63, 3.8) is 0 Å². The first-order valence-corrected chi connectivity index (χ1v) is 6.95. The summed E-state index contributed by atoms with van der Waals surface area (Å²) in [4.78, 5) is 8.06. The van der Waals surface area contributed by atoms with E-state index >= 15 is 0 Å². The van der Waals surface area contributed by atoms with Gasteiger partial charge in [0.05, 0.1) is 4.47 Å². The Labute approximate surface area is 122 Å². The standard InChI is InChI=1S/C12H12Br2N4/c1-7(8-2-4-9(13)5-3-8)17-11-10(14)6-16-12(15)18-11/h2-7H,1H3,(H3,15,16,17,18). The van der Waals surface area contributed by atoms with Crippen LogP contribution in [0.3, 0.4) is 0 Å². The maximum atomic E-state index is 5.57. The highest BCUT2D eigenvalue weighted by Crippen LogP contribution is 2.25. The minimum Gasteiger partial charge on any atom is -0.368 e. The van der Waals surface area contributed by atoms with E-state index in [9.17, 15) is 0 Å². The molecule has 0 bridgehead atoms. The minimum atomic E-state index is 0.128. The molecule has 0 aliphatic carbocycles. The molecule has 1 aromatic carbocycles. The maximum Gasteiger partial charge on any atom is 0.221 e. The molecule has 6 heteroatoms. The first kappa shape index (κ1) is 13.3. The monoisotopic (exact) mass is 370 g/mol. The highest BCUT2D eigenvalue weighted by atomic mass is 79.9. The maximum absolute atomic E-state index is 5.57. The quantitative estimate of drug-likeness (QED) is 0.862. The number of benzene rings is 1. The van der Waals surface area contributed by atoms with E-state index in [1.54, 1.807) is 6.20 Å². The van der Waals surface area contributed by atoms with E-state index in [0.717, 1.165) is 8.95 Å². The minimum absolute atomic E-state index is 0.128. The van der Waals surface area contributed by atoms with Gasteiger partial charge in [-0.15, -0.1) is 0 Å². The van der Waals surface area contributed by atoms with Crippen LogP contribution in [0.15, 0.2) is 39.4 Å². The molecule has 4 nitrogen and oxygen atoms in total. The van der Waals surface area contributed by atoms with Crippen LogP contribution in [0, 0.1) is 0 Å². The number of rotatable bonds is 3. The van der Waals surface area contributed by atoms with E-state index in [0.29, 0.717) is 5.82 Å². The first-order valence-electron chi connectivity index (χ1n) is 5.36. The molecule has 1 heterocycles. The van der Waals surface area contributed by atoms with Gasteiger partial charge in [0, 0.05) is 16.7 Å². The molecule has 0 saturated heterocycles. The van der Waals surface area contributed by atoms with E-state index < -0.39 is 0 Å². The van der Waals surface area contributed by atoms with Crippen LogP contribution in [-0.2, 0) is 0 Å². The summed E-state index contributed by atoms with van der Waals surface area (Å²) in [5.74, 6) is 0.946. The average Bonchev–Trinajstić information content (AvgIpc) is 2.34. The van der Waals surface area contributed by atoms with Crippen LogP contribution >= 0.6 is 31.9 Å². The van der Waals surface area contributed by atoms with E-state index in [2.05, 4.69) is 66.2 Å². The lowest BCUT2D eigenvalue weighted by atomic mass is 10.1. The highest BCUT2D eigenvalue weighted by Gasteiger charge is 2.09. The summed E-state index contributed by atoms with van der Waals surface area (Å²) in [7, 11) is 0. The molecule has 0 aliphatic heterocycles. The largest absolute Gasteiger partial charge is 0.368 e. The van der Waals surface area contributed by atoms with Crippen LogP contribution in [0.1, 0.15) is 18.5 Å². The molecule has 1 atom stereocenters. The second kappa shape index (κ2) is 5.67. The number of halogens is 2. The van der Waals surface area contributed by atoms with Crippen molar-refractivity contribution in [3.8, 4) is 0 Å². The molecule has 94 valence electrons. The predicted molar refractivity (Wildman–Crippen MR) is 80.3 cm³/mol. The lowest BCUT2D eigenvalue weighted by Crippen LogP contribution is -2.09. The van der Waals surface area contributed by atoms with Crippen LogP contribution in [0.5, 0.6) is 0 Å². The molecule has 1 aromatic heterocycles. The van der Waals surface area contributed by atoms with E-state index in [4.69, 9.17) is 5.73 Å². The van der Waals surface area contributed by atoms with Crippen molar-refractivity contribution in [2.45, 2.75) is 13.0 Å². The molecule has 0 radical (unpaired) electrons. The summed E-state index contributed by atoms with van der Waals surface area (Å²) in [5.41, 5.74) is 6.74. The van der Waals surface area contributed by atoms with Crippen molar-refractivity contribution in [2.24, 2.45) is 0 Å². The van der Waals surface area contributed by atoms with Crippen molar-refractivity contribution in [2.75, 3.05) is 11.1 Å². The number of nitrogens with two attached hydrogens (primary N) is 1. The van der Waals surface area contributed by atoms with Crippen LogP contribution in [0.25, 0.3) is 0 Å². The van der Waals surface area contributed by atoms with Crippen LogP contribution in [0.2, 0.25) is 0 Å². The SMILES string of the molecule is CC(Nc1nc(N)ncc1Br)c1ccc(Br)cc1. The second-order valence-electron chi connectivity index (χ2n) is 3.84. The molecule has 3 N–H and O–H groups in total. The summed E-state index contributed by atoms with van der Waals surface area (Å²) in [6.45, 7) is 2.06.